The van der Waals surface area contributed by atoms with Crippen LogP contribution in [-0.2, 0) is 11.2 Å². The Bertz CT molecular complexity index is 1210. The Morgan fingerprint density at radius 3 is 2.37 bits per heavy atom. The Kier molecular flexibility index (Phi) is 8.04. The monoisotopic (exact) mass is 473 g/mol. The molecular weight excluding hydrogens is 434 g/mol. The van der Waals surface area contributed by atoms with Crippen molar-refractivity contribution in [2.24, 2.45) is 11.8 Å². The van der Waals surface area contributed by atoms with E-state index in [2.05, 4.69) is 32.9 Å². The van der Waals surface area contributed by atoms with Crippen LogP contribution in [0.15, 0.2) is 53.3 Å². The summed E-state index contributed by atoms with van der Waals surface area (Å²) < 4.78 is 1.73. The van der Waals surface area contributed by atoms with Crippen molar-refractivity contribution < 1.29 is 4.79 Å². The molecule has 1 amide bonds. The van der Waals surface area contributed by atoms with Gasteiger partial charge in [-0.1, -0.05) is 64.3 Å². The highest BCUT2D eigenvalue weighted by atomic mass is 16.2. The van der Waals surface area contributed by atoms with E-state index in [-0.39, 0.29) is 23.4 Å². The third-order valence-corrected chi connectivity index (χ3v) is 7.43. The fourth-order valence-electron chi connectivity index (χ4n) is 5.18. The summed E-state index contributed by atoms with van der Waals surface area (Å²) in [7, 11) is 0. The lowest BCUT2D eigenvalue weighted by Gasteiger charge is -2.35. The number of carbonyl (C=O) groups is 1. The number of aryl methyl sites for hydroxylation is 1. The van der Waals surface area contributed by atoms with Crippen LogP contribution in [0.5, 0.6) is 0 Å². The summed E-state index contributed by atoms with van der Waals surface area (Å²) in [4.78, 5) is 34.6. The van der Waals surface area contributed by atoms with Crippen molar-refractivity contribution in [1.29, 1.82) is 0 Å². The molecule has 3 aromatic rings. The Labute approximate surface area is 209 Å². The number of para-hydroxylation sites is 1. The number of rotatable bonds is 8. The topological polar surface area (TPSA) is 55.2 Å². The van der Waals surface area contributed by atoms with Gasteiger partial charge in [-0.3, -0.25) is 14.2 Å². The second-order valence-corrected chi connectivity index (χ2v) is 10.4. The molecule has 1 fully saturated rings. The fourth-order valence-corrected chi connectivity index (χ4v) is 5.18. The molecule has 1 unspecified atom stereocenters. The van der Waals surface area contributed by atoms with Crippen molar-refractivity contribution in [2.75, 3.05) is 6.54 Å². The van der Waals surface area contributed by atoms with Gasteiger partial charge in [0.1, 0.15) is 5.82 Å². The number of amides is 1. The van der Waals surface area contributed by atoms with Gasteiger partial charge in [0.25, 0.3) is 5.56 Å². The summed E-state index contributed by atoms with van der Waals surface area (Å²) in [6.07, 6.45) is 7.22. The van der Waals surface area contributed by atoms with E-state index in [9.17, 15) is 9.59 Å². The normalized spacial score (nSPS) is 15.5. The average Bonchev–Trinajstić information content (AvgIpc) is 2.89. The Balaban J connectivity index is 1.83. The minimum absolute atomic E-state index is 0.0721. The summed E-state index contributed by atoms with van der Waals surface area (Å²) in [6.45, 7) is 9.21. The lowest BCUT2D eigenvalue weighted by Crippen LogP contribution is -2.42. The number of fused-ring (bicyclic) bond motifs is 1. The van der Waals surface area contributed by atoms with Gasteiger partial charge in [-0.05, 0) is 68.4 Å². The Morgan fingerprint density at radius 1 is 1.03 bits per heavy atom. The van der Waals surface area contributed by atoms with Gasteiger partial charge >= 0.3 is 0 Å². The molecule has 1 atom stereocenters. The molecule has 1 aliphatic rings. The van der Waals surface area contributed by atoms with Gasteiger partial charge in [-0.15, -0.1) is 0 Å². The van der Waals surface area contributed by atoms with Crippen molar-refractivity contribution in [3.63, 3.8) is 0 Å². The maximum Gasteiger partial charge on any atom is 0.266 e. The van der Waals surface area contributed by atoms with Crippen molar-refractivity contribution in [3.05, 3.63) is 70.3 Å². The molecule has 0 N–H and O–H groups in total. The van der Waals surface area contributed by atoms with E-state index in [1.165, 1.54) is 12.0 Å². The number of nitrogens with zero attached hydrogens (tertiary/aromatic N) is 3. The van der Waals surface area contributed by atoms with E-state index >= 15 is 0 Å². The summed E-state index contributed by atoms with van der Waals surface area (Å²) in [6, 6.07) is 15.3. The second-order valence-electron chi connectivity index (χ2n) is 10.4. The number of carbonyl (C=O) groups excluding carboxylic acids is 1. The first-order chi connectivity index (χ1) is 16.9. The van der Waals surface area contributed by atoms with Gasteiger partial charge in [0.15, 0.2) is 0 Å². The van der Waals surface area contributed by atoms with Gasteiger partial charge in [0, 0.05) is 12.5 Å². The molecule has 0 bridgehead atoms. The summed E-state index contributed by atoms with van der Waals surface area (Å²) in [5.74, 6) is 1.40. The molecule has 1 heterocycles. The lowest BCUT2D eigenvalue weighted by molar-refractivity contribution is -0.139. The zero-order valence-corrected chi connectivity index (χ0v) is 21.7. The van der Waals surface area contributed by atoms with Crippen LogP contribution in [0.4, 0.5) is 0 Å². The molecule has 0 aliphatic heterocycles. The standard InChI is InChI=1S/C30H39N3O2/c1-5-23-15-17-25(18-16-23)33-28(31-27-14-10-9-13-26(27)30(33)35)22(4)32(20-19-21(2)3)29(34)24-11-7-6-8-12-24/h9-10,13-18,21-22,24H,5-8,11-12,19-20H2,1-4H3. The molecular formula is C30H39N3O2. The third kappa shape index (κ3) is 5.50. The molecule has 2 aromatic carbocycles. The molecule has 186 valence electrons. The van der Waals surface area contributed by atoms with Crippen LogP contribution in [0.25, 0.3) is 16.6 Å². The molecule has 0 radical (unpaired) electrons. The number of aromatic nitrogens is 2. The first-order valence-electron chi connectivity index (χ1n) is 13.3. The quantitative estimate of drug-likeness (QED) is 0.377. The van der Waals surface area contributed by atoms with Crippen LogP contribution in [0.3, 0.4) is 0 Å². The SMILES string of the molecule is CCc1ccc(-n2c(C(C)N(CCC(C)C)C(=O)C3CCCCC3)nc3ccccc3c2=O)cc1. The highest BCUT2D eigenvalue weighted by Crippen LogP contribution is 2.30. The van der Waals surface area contributed by atoms with E-state index in [0.29, 0.717) is 29.2 Å². The highest BCUT2D eigenvalue weighted by Gasteiger charge is 2.32. The Morgan fingerprint density at radius 2 is 1.71 bits per heavy atom. The van der Waals surface area contributed by atoms with E-state index in [1.54, 1.807) is 4.57 Å². The second kappa shape index (κ2) is 11.2. The van der Waals surface area contributed by atoms with Crippen LogP contribution in [0.2, 0.25) is 0 Å². The van der Waals surface area contributed by atoms with E-state index in [4.69, 9.17) is 4.98 Å². The number of hydrogen-bond acceptors (Lipinski definition) is 3. The smallest absolute Gasteiger partial charge is 0.266 e. The molecule has 5 nitrogen and oxygen atoms in total. The van der Waals surface area contributed by atoms with E-state index in [0.717, 1.165) is 44.2 Å². The first kappa shape index (κ1) is 25.2. The van der Waals surface area contributed by atoms with Crippen molar-refractivity contribution in [2.45, 2.75) is 78.7 Å². The van der Waals surface area contributed by atoms with Gasteiger partial charge in [0.05, 0.1) is 22.6 Å². The first-order valence-corrected chi connectivity index (χ1v) is 13.3. The average molecular weight is 474 g/mol. The van der Waals surface area contributed by atoms with Crippen molar-refractivity contribution in [3.8, 4) is 5.69 Å². The van der Waals surface area contributed by atoms with Gasteiger partial charge < -0.3 is 4.90 Å². The fraction of sp³-hybridized carbons (Fsp3) is 0.500. The summed E-state index contributed by atoms with van der Waals surface area (Å²) in [5, 5.41) is 0.593. The summed E-state index contributed by atoms with van der Waals surface area (Å²) >= 11 is 0. The molecule has 1 aliphatic carbocycles. The van der Waals surface area contributed by atoms with E-state index < -0.39 is 0 Å². The van der Waals surface area contributed by atoms with Crippen LogP contribution in [0.1, 0.15) is 83.6 Å². The maximum atomic E-state index is 13.8. The van der Waals surface area contributed by atoms with Crippen LogP contribution in [-0.4, -0.2) is 26.9 Å². The van der Waals surface area contributed by atoms with Crippen LogP contribution >= 0.6 is 0 Å². The lowest BCUT2D eigenvalue weighted by atomic mass is 9.87. The predicted molar refractivity (Wildman–Crippen MR) is 143 cm³/mol. The molecule has 4 rings (SSSR count). The minimum Gasteiger partial charge on any atom is -0.333 e. The Hall–Kier alpha value is -2.95. The zero-order chi connectivity index (χ0) is 24.9. The minimum atomic E-state index is -0.314. The largest absolute Gasteiger partial charge is 0.333 e. The van der Waals surface area contributed by atoms with Crippen LogP contribution in [0, 0.1) is 11.8 Å². The van der Waals surface area contributed by atoms with Gasteiger partial charge in [0.2, 0.25) is 5.91 Å². The molecule has 1 aromatic heterocycles. The summed E-state index contributed by atoms with van der Waals surface area (Å²) in [5.41, 5.74) is 2.60. The molecule has 5 heteroatoms. The predicted octanol–water partition coefficient (Wildman–Crippen LogP) is 6.46. The van der Waals surface area contributed by atoms with Crippen molar-refractivity contribution >= 4 is 16.8 Å². The molecule has 0 spiro atoms. The maximum absolute atomic E-state index is 13.8. The molecule has 0 saturated heterocycles. The van der Waals surface area contributed by atoms with Crippen molar-refractivity contribution in [1.82, 2.24) is 14.5 Å². The zero-order valence-electron chi connectivity index (χ0n) is 21.7. The molecule has 35 heavy (non-hydrogen) atoms. The van der Waals surface area contributed by atoms with Gasteiger partial charge in [-0.25, -0.2) is 4.98 Å². The van der Waals surface area contributed by atoms with Gasteiger partial charge in [-0.2, -0.15) is 0 Å². The van der Waals surface area contributed by atoms with Crippen LogP contribution < -0.4 is 5.56 Å². The molecule has 1 saturated carbocycles. The number of hydrogen-bond donors (Lipinski definition) is 0. The number of benzene rings is 2. The third-order valence-electron chi connectivity index (χ3n) is 7.43. The highest BCUT2D eigenvalue weighted by molar-refractivity contribution is 5.80. The van der Waals surface area contributed by atoms with E-state index in [1.807, 2.05) is 48.2 Å².